The fraction of sp³-hybridized carbons (Fsp3) is 0.318. The molecule has 2 aromatic carbocycles. The first-order chi connectivity index (χ1) is 13.3. The van der Waals surface area contributed by atoms with Crippen LogP contribution >= 0.6 is 12.2 Å². The number of anilines is 1. The van der Waals surface area contributed by atoms with E-state index in [9.17, 15) is 9.59 Å². The van der Waals surface area contributed by atoms with Gasteiger partial charge in [0.05, 0.1) is 11.3 Å². The maximum atomic E-state index is 12.5. The van der Waals surface area contributed by atoms with E-state index in [1.807, 2.05) is 26.0 Å². The molecule has 0 radical (unpaired) electrons. The highest BCUT2D eigenvalue weighted by atomic mass is 32.1. The van der Waals surface area contributed by atoms with E-state index < -0.39 is 0 Å². The Morgan fingerprint density at radius 3 is 2.21 bits per heavy atom. The molecule has 0 aliphatic rings. The molecular formula is C22H27N3O2S. The van der Waals surface area contributed by atoms with Gasteiger partial charge in [0.25, 0.3) is 11.8 Å². The predicted octanol–water partition coefficient (Wildman–Crippen LogP) is 4.47. The first-order valence-electron chi connectivity index (χ1n) is 9.44. The SMILES string of the molecule is CCC(C)NC(=O)c1ccccc1NC(=S)NC(=O)c1ccc(C(C)C)cc1. The van der Waals surface area contributed by atoms with Crippen molar-refractivity contribution in [3.05, 3.63) is 65.2 Å². The summed E-state index contributed by atoms with van der Waals surface area (Å²) in [4.78, 5) is 24.9. The third-order valence-electron chi connectivity index (χ3n) is 4.48. The topological polar surface area (TPSA) is 70.2 Å². The average molecular weight is 398 g/mol. The molecule has 5 nitrogen and oxygen atoms in total. The number of nitrogens with one attached hydrogen (secondary N) is 3. The summed E-state index contributed by atoms with van der Waals surface area (Å²) in [7, 11) is 0. The molecule has 0 aromatic heterocycles. The number of amides is 2. The third-order valence-corrected chi connectivity index (χ3v) is 4.68. The molecule has 1 unspecified atom stereocenters. The summed E-state index contributed by atoms with van der Waals surface area (Å²) in [5.74, 6) is -0.0804. The van der Waals surface area contributed by atoms with Crippen LogP contribution in [-0.2, 0) is 0 Å². The predicted molar refractivity (Wildman–Crippen MR) is 118 cm³/mol. The number of para-hydroxylation sites is 1. The molecule has 0 saturated carbocycles. The second kappa shape index (κ2) is 9.99. The molecule has 0 saturated heterocycles. The molecule has 28 heavy (non-hydrogen) atoms. The number of hydrogen-bond acceptors (Lipinski definition) is 3. The first kappa shape index (κ1) is 21.6. The zero-order valence-electron chi connectivity index (χ0n) is 16.7. The lowest BCUT2D eigenvalue weighted by molar-refractivity contribution is 0.0938. The highest BCUT2D eigenvalue weighted by Crippen LogP contribution is 2.16. The summed E-state index contributed by atoms with van der Waals surface area (Å²) in [6.07, 6.45) is 0.839. The molecule has 0 heterocycles. The lowest BCUT2D eigenvalue weighted by Crippen LogP contribution is -2.36. The van der Waals surface area contributed by atoms with E-state index in [1.165, 1.54) is 5.56 Å². The Morgan fingerprint density at radius 1 is 0.964 bits per heavy atom. The number of carbonyl (C=O) groups excluding carboxylic acids is 2. The van der Waals surface area contributed by atoms with Gasteiger partial charge in [0, 0.05) is 11.6 Å². The summed E-state index contributed by atoms with van der Waals surface area (Å²) >= 11 is 5.26. The van der Waals surface area contributed by atoms with Crippen LogP contribution in [-0.4, -0.2) is 23.0 Å². The van der Waals surface area contributed by atoms with Crippen molar-refractivity contribution < 1.29 is 9.59 Å². The molecule has 0 bridgehead atoms. The van der Waals surface area contributed by atoms with Gasteiger partial charge in [-0.05, 0) is 61.3 Å². The van der Waals surface area contributed by atoms with Gasteiger partial charge in [-0.3, -0.25) is 14.9 Å². The van der Waals surface area contributed by atoms with E-state index in [-0.39, 0.29) is 23.0 Å². The normalized spacial score (nSPS) is 11.6. The fourth-order valence-electron chi connectivity index (χ4n) is 2.54. The van der Waals surface area contributed by atoms with Crippen LogP contribution in [0.2, 0.25) is 0 Å². The van der Waals surface area contributed by atoms with Crippen molar-refractivity contribution in [2.45, 2.75) is 46.1 Å². The Labute approximate surface area is 171 Å². The molecule has 2 rings (SSSR count). The monoisotopic (exact) mass is 397 g/mol. The van der Waals surface area contributed by atoms with E-state index in [0.29, 0.717) is 22.7 Å². The van der Waals surface area contributed by atoms with Crippen LogP contribution in [0.25, 0.3) is 0 Å². The molecule has 2 amide bonds. The molecular weight excluding hydrogens is 370 g/mol. The summed E-state index contributed by atoms with van der Waals surface area (Å²) in [6, 6.07) is 14.6. The molecule has 3 N–H and O–H groups in total. The molecule has 6 heteroatoms. The maximum Gasteiger partial charge on any atom is 0.257 e. The third kappa shape index (κ3) is 5.89. The van der Waals surface area contributed by atoms with Gasteiger partial charge in [-0.15, -0.1) is 0 Å². The van der Waals surface area contributed by atoms with Crippen molar-refractivity contribution in [3.63, 3.8) is 0 Å². The largest absolute Gasteiger partial charge is 0.350 e. The van der Waals surface area contributed by atoms with Gasteiger partial charge >= 0.3 is 0 Å². The smallest absolute Gasteiger partial charge is 0.257 e. The van der Waals surface area contributed by atoms with Crippen LogP contribution in [0, 0.1) is 0 Å². The average Bonchev–Trinajstić information content (AvgIpc) is 2.68. The van der Waals surface area contributed by atoms with E-state index in [1.54, 1.807) is 36.4 Å². The Kier molecular flexibility index (Phi) is 7.70. The Hall–Kier alpha value is -2.73. The van der Waals surface area contributed by atoms with Gasteiger partial charge in [0.15, 0.2) is 5.11 Å². The molecule has 2 aromatic rings. The van der Waals surface area contributed by atoms with Crippen molar-refractivity contribution in [1.82, 2.24) is 10.6 Å². The minimum Gasteiger partial charge on any atom is -0.350 e. The van der Waals surface area contributed by atoms with Crippen LogP contribution in [0.3, 0.4) is 0 Å². The fourth-order valence-corrected chi connectivity index (χ4v) is 2.74. The second-order valence-electron chi connectivity index (χ2n) is 7.01. The number of carbonyl (C=O) groups is 2. The van der Waals surface area contributed by atoms with Crippen molar-refractivity contribution in [1.29, 1.82) is 0 Å². The van der Waals surface area contributed by atoms with Crippen molar-refractivity contribution in [3.8, 4) is 0 Å². The minimum absolute atomic E-state index is 0.0704. The van der Waals surface area contributed by atoms with Crippen LogP contribution in [0.5, 0.6) is 0 Å². The van der Waals surface area contributed by atoms with Crippen molar-refractivity contribution in [2.24, 2.45) is 0 Å². The van der Waals surface area contributed by atoms with E-state index >= 15 is 0 Å². The highest BCUT2D eigenvalue weighted by molar-refractivity contribution is 7.80. The molecule has 0 spiro atoms. The number of thiocarbonyl (C=S) groups is 1. The lowest BCUT2D eigenvalue weighted by Gasteiger charge is -2.16. The molecule has 0 fully saturated rings. The summed E-state index contributed by atoms with van der Waals surface area (Å²) in [6.45, 7) is 8.16. The highest BCUT2D eigenvalue weighted by Gasteiger charge is 2.15. The Bertz CT molecular complexity index is 847. The minimum atomic E-state index is -0.297. The van der Waals surface area contributed by atoms with E-state index in [0.717, 1.165) is 6.42 Å². The van der Waals surface area contributed by atoms with Crippen LogP contribution in [0.15, 0.2) is 48.5 Å². The van der Waals surface area contributed by atoms with E-state index in [2.05, 4.69) is 29.8 Å². The van der Waals surface area contributed by atoms with Gasteiger partial charge in [-0.25, -0.2) is 0 Å². The quantitative estimate of drug-likeness (QED) is 0.629. The van der Waals surface area contributed by atoms with Crippen molar-refractivity contribution >= 4 is 34.8 Å². The van der Waals surface area contributed by atoms with Crippen LogP contribution in [0.1, 0.15) is 66.3 Å². The summed E-state index contributed by atoms with van der Waals surface area (Å²) in [5.41, 5.74) is 2.71. The molecule has 1 atom stereocenters. The number of hydrogen-bond donors (Lipinski definition) is 3. The summed E-state index contributed by atoms with van der Waals surface area (Å²) in [5, 5.41) is 8.68. The molecule has 0 aliphatic heterocycles. The first-order valence-corrected chi connectivity index (χ1v) is 9.84. The zero-order valence-corrected chi connectivity index (χ0v) is 17.5. The van der Waals surface area contributed by atoms with Crippen LogP contribution in [0.4, 0.5) is 5.69 Å². The van der Waals surface area contributed by atoms with Gasteiger partial charge < -0.3 is 10.6 Å². The number of rotatable bonds is 6. The molecule has 148 valence electrons. The van der Waals surface area contributed by atoms with E-state index in [4.69, 9.17) is 12.2 Å². The summed E-state index contributed by atoms with van der Waals surface area (Å²) < 4.78 is 0. The van der Waals surface area contributed by atoms with Gasteiger partial charge in [0.2, 0.25) is 0 Å². The Morgan fingerprint density at radius 2 is 1.61 bits per heavy atom. The Balaban J connectivity index is 2.05. The second-order valence-corrected chi connectivity index (χ2v) is 7.42. The van der Waals surface area contributed by atoms with Crippen molar-refractivity contribution in [2.75, 3.05) is 5.32 Å². The lowest BCUT2D eigenvalue weighted by atomic mass is 10.0. The van der Waals surface area contributed by atoms with Gasteiger partial charge in [-0.1, -0.05) is 45.0 Å². The van der Waals surface area contributed by atoms with Gasteiger partial charge in [0.1, 0.15) is 0 Å². The van der Waals surface area contributed by atoms with Gasteiger partial charge in [-0.2, -0.15) is 0 Å². The maximum absolute atomic E-state index is 12.5. The molecule has 0 aliphatic carbocycles. The van der Waals surface area contributed by atoms with Crippen LogP contribution < -0.4 is 16.0 Å². The zero-order chi connectivity index (χ0) is 20.7. The number of benzene rings is 2. The standard InChI is InChI=1S/C22H27N3O2S/c1-5-15(4)23-21(27)18-8-6-7-9-19(18)24-22(28)25-20(26)17-12-10-16(11-13-17)14(2)3/h6-15H,5H2,1-4H3,(H,23,27)(H2,24,25,26,28).